The lowest BCUT2D eigenvalue weighted by Gasteiger charge is -2.38. The molecule has 0 bridgehead atoms. The predicted octanol–water partition coefficient (Wildman–Crippen LogP) is 2.06. The van der Waals surface area contributed by atoms with E-state index in [2.05, 4.69) is 10.1 Å². The van der Waals surface area contributed by atoms with Crippen molar-refractivity contribution in [2.45, 2.75) is 39.3 Å². The lowest BCUT2D eigenvalue weighted by molar-refractivity contribution is -0.152. The maximum atomic E-state index is 12.6. The second-order valence-electron chi connectivity index (χ2n) is 6.14. The van der Waals surface area contributed by atoms with Crippen LogP contribution >= 0.6 is 11.3 Å². The Kier molecular flexibility index (Phi) is 4.40. The van der Waals surface area contributed by atoms with Gasteiger partial charge in [-0.2, -0.15) is 5.10 Å². The summed E-state index contributed by atoms with van der Waals surface area (Å²) in [5, 5.41) is 15.8. The van der Waals surface area contributed by atoms with Crippen LogP contribution in [0.1, 0.15) is 41.5 Å². The van der Waals surface area contributed by atoms with Crippen molar-refractivity contribution in [2.75, 3.05) is 0 Å². The quantitative estimate of drug-likeness (QED) is 0.914. The SMILES string of the molecule is Cc1nn(C)c(C)c1CN1C(=O)CC[C@H](C(=O)O)[C@@H]1c1cscn1. The third kappa shape index (κ3) is 2.82. The van der Waals surface area contributed by atoms with Gasteiger partial charge in [-0.1, -0.05) is 0 Å². The number of nitrogens with zero attached hydrogens (tertiary/aromatic N) is 4. The summed E-state index contributed by atoms with van der Waals surface area (Å²) < 4.78 is 1.78. The van der Waals surface area contributed by atoms with Crippen LogP contribution in [0.25, 0.3) is 0 Å². The molecule has 0 radical (unpaired) electrons. The average molecular weight is 348 g/mol. The summed E-state index contributed by atoms with van der Waals surface area (Å²) in [6, 6.07) is -0.533. The minimum atomic E-state index is -0.884. The van der Waals surface area contributed by atoms with Crippen molar-refractivity contribution >= 4 is 23.2 Å². The van der Waals surface area contributed by atoms with Gasteiger partial charge in [0, 0.05) is 36.7 Å². The first-order valence-electron chi connectivity index (χ1n) is 7.79. The fourth-order valence-electron chi connectivity index (χ4n) is 3.35. The molecule has 24 heavy (non-hydrogen) atoms. The van der Waals surface area contributed by atoms with Crippen molar-refractivity contribution in [2.24, 2.45) is 13.0 Å². The molecule has 1 N–H and O–H groups in total. The van der Waals surface area contributed by atoms with Crippen LogP contribution in [-0.4, -0.2) is 36.6 Å². The van der Waals surface area contributed by atoms with Gasteiger partial charge in [0.1, 0.15) is 0 Å². The fraction of sp³-hybridized carbons (Fsp3) is 0.500. The van der Waals surface area contributed by atoms with E-state index in [1.807, 2.05) is 26.3 Å². The summed E-state index contributed by atoms with van der Waals surface area (Å²) in [5.74, 6) is -1.56. The number of aryl methyl sites for hydroxylation is 2. The Morgan fingerprint density at radius 2 is 2.21 bits per heavy atom. The van der Waals surface area contributed by atoms with Gasteiger partial charge in [-0.25, -0.2) is 4.98 Å². The number of aliphatic carboxylic acids is 1. The van der Waals surface area contributed by atoms with E-state index in [-0.39, 0.29) is 12.3 Å². The molecular formula is C16H20N4O3S. The smallest absolute Gasteiger partial charge is 0.309 e. The molecule has 2 atom stereocenters. The van der Waals surface area contributed by atoms with Crippen molar-refractivity contribution in [1.29, 1.82) is 0 Å². The topological polar surface area (TPSA) is 88.3 Å². The van der Waals surface area contributed by atoms with E-state index in [9.17, 15) is 14.7 Å². The summed E-state index contributed by atoms with van der Waals surface area (Å²) in [6.45, 7) is 4.22. The minimum absolute atomic E-state index is 0.0341. The molecule has 0 aliphatic carbocycles. The van der Waals surface area contributed by atoms with E-state index >= 15 is 0 Å². The lowest BCUT2D eigenvalue weighted by atomic mass is 9.86. The second-order valence-corrected chi connectivity index (χ2v) is 6.85. The van der Waals surface area contributed by atoms with Crippen LogP contribution < -0.4 is 0 Å². The number of hydrogen-bond donors (Lipinski definition) is 1. The van der Waals surface area contributed by atoms with Crippen molar-refractivity contribution in [1.82, 2.24) is 19.7 Å². The van der Waals surface area contributed by atoms with Crippen molar-refractivity contribution < 1.29 is 14.7 Å². The number of carbonyl (C=O) groups is 2. The highest BCUT2D eigenvalue weighted by Gasteiger charge is 2.42. The van der Waals surface area contributed by atoms with Gasteiger partial charge in [0.15, 0.2) is 0 Å². The largest absolute Gasteiger partial charge is 0.481 e. The molecule has 7 nitrogen and oxygen atoms in total. The van der Waals surface area contributed by atoms with E-state index in [1.165, 1.54) is 11.3 Å². The third-order valence-corrected chi connectivity index (χ3v) is 5.37. The summed E-state index contributed by atoms with van der Waals surface area (Å²) >= 11 is 1.41. The Morgan fingerprint density at radius 1 is 1.46 bits per heavy atom. The predicted molar refractivity (Wildman–Crippen MR) is 88.4 cm³/mol. The number of piperidine rings is 1. The molecule has 1 aliphatic heterocycles. The van der Waals surface area contributed by atoms with Crippen LogP contribution in [0.2, 0.25) is 0 Å². The average Bonchev–Trinajstić information content (AvgIpc) is 3.13. The normalized spacial score (nSPS) is 21.3. The summed E-state index contributed by atoms with van der Waals surface area (Å²) in [4.78, 5) is 30.3. The Morgan fingerprint density at radius 3 is 2.75 bits per heavy atom. The molecular weight excluding hydrogens is 328 g/mol. The van der Waals surface area contributed by atoms with Crippen LogP contribution in [0.15, 0.2) is 10.9 Å². The number of carbonyl (C=O) groups excluding carboxylic acids is 1. The molecule has 1 aliphatic rings. The number of carboxylic acid groups (broad SMARTS) is 1. The first kappa shape index (κ1) is 16.6. The van der Waals surface area contributed by atoms with Crippen LogP contribution in [0.4, 0.5) is 0 Å². The Balaban J connectivity index is 2.01. The molecule has 1 fully saturated rings. The highest BCUT2D eigenvalue weighted by atomic mass is 32.1. The van der Waals surface area contributed by atoms with Crippen molar-refractivity contribution in [3.63, 3.8) is 0 Å². The first-order chi connectivity index (χ1) is 11.4. The molecule has 2 aromatic heterocycles. The van der Waals surface area contributed by atoms with Gasteiger partial charge in [-0.05, 0) is 20.3 Å². The van der Waals surface area contributed by atoms with Crippen molar-refractivity contribution in [3.05, 3.63) is 33.5 Å². The molecule has 0 spiro atoms. The molecule has 128 valence electrons. The van der Waals surface area contributed by atoms with Crippen LogP contribution in [0.5, 0.6) is 0 Å². The highest BCUT2D eigenvalue weighted by molar-refractivity contribution is 7.07. The lowest BCUT2D eigenvalue weighted by Crippen LogP contribution is -2.45. The number of rotatable bonds is 4. The number of carboxylic acids is 1. The van der Waals surface area contributed by atoms with Crippen LogP contribution in [0.3, 0.4) is 0 Å². The molecule has 0 aromatic carbocycles. The monoisotopic (exact) mass is 348 g/mol. The molecule has 3 heterocycles. The third-order valence-electron chi connectivity index (χ3n) is 4.77. The maximum Gasteiger partial charge on any atom is 0.309 e. The molecule has 0 saturated carbocycles. The van der Waals surface area contributed by atoms with Gasteiger partial charge in [0.2, 0.25) is 5.91 Å². The Labute approximate surface area is 143 Å². The molecule has 1 amide bonds. The minimum Gasteiger partial charge on any atom is -0.481 e. The molecule has 8 heteroatoms. The Hall–Kier alpha value is -2.22. The number of amides is 1. The number of aromatic nitrogens is 3. The zero-order chi connectivity index (χ0) is 17.4. The standard InChI is InChI=1S/C16H20N4O3S/c1-9-12(10(2)19(3)18-9)6-20-14(21)5-4-11(16(22)23)15(20)13-7-24-8-17-13/h7-8,11,15H,4-6H2,1-3H3,(H,22,23)/t11-,15+/m0/s1. The zero-order valence-corrected chi connectivity index (χ0v) is 14.7. The van der Waals surface area contributed by atoms with E-state index in [0.29, 0.717) is 18.7 Å². The van der Waals surface area contributed by atoms with E-state index in [4.69, 9.17) is 0 Å². The Bertz CT molecular complexity index is 769. The highest BCUT2D eigenvalue weighted by Crippen LogP contribution is 2.38. The maximum absolute atomic E-state index is 12.6. The fourth-order valence-corrected chi connectivity index (χ4v) is 3.93. The summed E-state index contributed by atoms with van der Waals surface area (Å²) in [5.41, 5.74) is 5.13. The van der Waals surface area contributed by atoms with Gasteiger partial charge in [-0.15, -0.1) is 11.3 Å². The van der Waals surface area contributed by atoms with Gasteiger partial charge < -0.3 is 10.0 Å². The van der Waals surface area contributed by atoms with Gasteiger partial charge in [-0.3, -0.25) is 14.3 Å². The molecule has 3 rings (SSSR count). The van der Waals surface area contributed by atoms with Gasteiger partial charge in [0.05, 0.1) is 28.9 Å². The summed E-state index contributed by atoms with van der Waals surface area (Å²) in [7, 11) is 1.86. The molecule has 1 saturated heterocycles. The first-order valence-corrected chi connectivity index (χ1v) is 8.74. The van der Waals surface area contributed by atoms with E-state index < -0.39 is 17.9 Å². The summed E-state index contributed by atoms with van der Waals surface area (Å²) in [6.07, 6.45) is 0.591. The zero-order valence-electron chi connectivity index (χ0n) is 13.9. The van der Waals surface area contributed by atoms with E-state index in [1.54, 1.807) is 15.1 Å². The van der Waals surface area contributed by atoms with E-state index in [0.717, 1.165) is 17.0 Å². The van der Waals surface area contributed by atoms with Gasteiger partial charge in [0.25, 0.3) is 0 Å². The number of thiazole rings is 1. The number of likely N-dealkylation sites (tertiary alicyclic amines) is 1. The molecule has 2 aromatic rings. The van der Waals surface area contributed by atoms with Crippen molar-refractivity contribution in [3.8, 4) is 0 Å². The number of hydrogen-bond acceptors (Lipinski definition) is 5. The van der Waals surface area contributed by atoms with Crippen LogP contribution in [0, 0.1) is 19.8 Å². The second kappa shape index (κ2) is 6.35. The van der Waals surface area contributed by atoms with Crippen LogP contribution in [-0.2, 0) is 23.2 Å². The van der Waals surface area contributed by atoms with Gasteiger partial charge >= 0.3 is 5.97 Å². The molecule has 0 unspecified atom stereocenters.